The molecule has 0 saturated carbocycles. The van der Waals surface area contributed by atoms with Crippen LogP contribution < -0.4 is 20.3 Å². The van der Waals surface area contributed by atoms with Gasteiger partial charge in [-0.3, -0.25) is 20.4 Å². The predicted molar refractivity (Wildman–Crippen MR) is 114 cm³/mol. The van der Waals surface area contributed by atoms with Crippen molar-refractivity contribution in [2.75, 3.05) is 7.11 Å². The lowest BCUT2D eigenvalue weighted by Gasteiger charge is -2.20. The largest absolute Gasteiger partial charge is 0.497 e. The summed E-state index contributed by atoms with van der Waals surface area (Å²) < 4.78 is 32.8. The van der Waals surface area contributed by atoms with Crippen LogP contribution in [-0.2, 0) is 14.8 Å². The molecule has 10 heteroatoms. The summed E-state index contributed by atoms with van der Waals surface area (Å²) in [5, 5.41) is 0.473. The third kappa shape index (κ3) is 6.72. The summed E-state index contributed by atoms with van der Waals surface area (Å²) in [4.78, 5) is 24.7. The van der Waals surface area contributed by atoms with Gasteiger partial charge < -0.3 is 4.74 Å². The Bertz CT molecular complexity index is 977. The fraction of sp³-hybridized carbons (Fsp3) is 0.300. The van der Waals surface area contributed by atoms with E-state index >= 15 is 0 Å². The molecule has 0 aliphatic carbocycles. The third-order valence-electron chi connectivity index (χ3n) is 4.10. The molecular weight excluding hydrogens is 430 g/mol. The first-order valence-corrected chi connectivity index (χ1v) is 11.0. The van der Waals surface area contributed by atoms with Crippen molar-refractivity contribution in [3.05, 3.63) is 59.1 Å². The Labute approximate surface area is 181 Å². The van der Waals surface area contributed by atoms with E-state index in [2.05, 4.69) is 15.6 Å². The van der Waals surface area contributed by atoms with Crippen molar-refractivity contribution in [3.8, 4) is 5.75 Å². The highest BCUT2D eigenvalue weighted by Gasteiger charge is 2.27. The van der Waals surface area contributed by atoms with Crippen molar-refractivity contribution in [1.29, 1.82) is 0 Å². The Balaban J connectivity index is 2.08. The molecule has 3 N–H and O–H groups in total. The van der Waals surface area contributed by atoms with Crippen LogP contribution in [0.2, 0.25) is 5.02 Å². The molecule has 2 rings (SSSR count). The first kappa shape index (κ1) is 23.7. The number of ether oxygens (including phenoxy) is 1. The van der Waals surface area contributed by atoms with Gasteiger partial charge in [0, 0.05) is 10.6 Å². The number of methoxy groups -OCH3 is 1. The van der Waals surface area contributed by atoms with Gasteiger partial charge in [0.1, 0.15) is 11.8 Å². The number of nitrogens with one attached hydrogen (secondary N) is 3. The molecule has 0 fully saturated rings. The van der Waals surface area contributed by atoms with Gasteiger partial charge in [0.25, 0.3) is 11.8 Å². The number of benzene rings is 2. The van der Waals surface area contributed by atoms with Crippen molar-refractivity contribution in [2.24, 2.45) is 5.92 Å². The molecular formula is C20H24ClN3O5S. The number of hydrogen-bond donors (Lipinski definition) is 3. The maximum Gasteiger partial charge on any atom is 0.269 e. The number of hydrogen-bond acceptors (Lipinski definition) is 5. The van der Waals surface area contributed by atoms with Crippen LogP contribution in [0.15, 0.2) is 53.4 Å². The second-order valence-corrected chi connectivity index (χ2v) is 9.08. The molecule has 162 valence electrons. The summed E-state index contributed by atoms with van der Waals surface area (Å²) in [6, 6.07) is 10.8. The molecule has 0 saturated heterocycles. The molecule has 0 unspecified atom stereocenters. The third-order valence-corrected chi connectivity index (χ3v) is 5.84. The molecule has 2 amide bonds. The maximum absolute atomic E-state index is 12.7. The lowest BCUT2D eigenvalue weighted by molar-refractivity contribution is -0.123. The van der Waals surface area contributed by atoms with Crippen LogP contribution in [0.25, 0.3) is 0 Å². The molecule has 2 aromatic rings. The van der Waals surface area contributed by atoms with E-state index in [1.54, 1.807) is 12.1 Å². The van der Waals surface area contributed by atoms with Gasteiger partial charge in [0.15, 0.2) is 0 Å². The molecule has 0 radical (unpaired) electrons. The number of carbonyl (C=O) groups excluding carboxylic acids is 2. The molecule has 0 heterocycles. The molecule has 0 bridgehead atoms. The normalized spacial score (nSPS) is 12.3. The zero-order valence-electron chi connectivity index (χ0n) is 16.8. The van der Waals surface area contributed by atoms with Gasteiger partial charge in [-0.25, -0.2) is 8.42 Å². The van der Waals surface area contributed by atoms with Crippen LogP contribution in [0.4, 0.5) is 0 Å². The summed E-state index contributed by atoms with van der Waals surface area (Å²) in [6.07, 6.45) is 0.234. The summed E-state index contributed by atoms with van der Waals surface area (Å²) in [5.41, 5.74) is 4.85. The van der Waals surface area contributed by atoms with E-state index in [-0.39, 0.29) is 17.2 Å². The van der Waals surface area contributed by atoms with E-state index in [0.29, 0.717) is 16.3 Å². The van der Waals surface area contributed by atoms with Gasteiger partial charge in [-0.05, 0) is 60.9 Å². The number of sulfonamides is 1. The standard InChI is InChI=1S/C20H24ClN3O5S/c1-13(2)12-18(24-30(27,28)17-10-8-16(29-3)9-11-17)20(26)23-22-19(25)14-4-6-15(21)7-5-14/h4-11,13,18,24H,12H2,1-3H3,(H,22,25)(H,23,26)/t18-/m1/s1. The molecule has 2 aromatic carbocycles. The Morgan fingerprint density at radius 1 is 1.00 bits per heavy atom. The average Bonchev–Trinajstić information content (AvgIpc) is 2.71. The summed E-state index contributed by atoms with van der Waals surface area (Å²) in [7, 11) is -2.49. The van der Waals surface area contributed by atoms with Gasteiger partial charge in [-0.1, -0.05) is 25.4 Å². The highest BCUT2D eigenvalue weighted by molar-refractivity contribution is 7.89. The first-order valence-electron chi connectivity index (χ1n) is 9.14. The Kier molecular flexibility index (Phi) is 8.22. The number of hydrazine groups is 1. The lowest BCUT2D eigenvalue weighted by Crippen LogP contribution is -2.52. The first-order chi connectivity index (χ1) is 14.1. The number of carbonyl (C=O) groups is 2. The highest BCUT2D eigenvalue weighted by atomic mass is 35.5. The molecule has 0 aromatic heterocycles. The van der Waals surface area contributed by atoms with E-state index in [0.717, 1.165) is 0 Å². The number of amides is 2. The molecule has 0 aliphatic heterocycles. The summed E-state index contributed by atoms with van der Waals surface area (Å²) >= 11 is 5.79. The molecule has 1 atom stereocenters. The van der Waals surface area contributed by atoms with Crippen LogP contribution in [0.5, 0.6) is 5.75 Å². The van der Waals surface area contributed by atoms with Crippen molar-refractivity contribution >= 4 is 33.4 Å². The van der Waals surface area contributed by atoms with Gasteiger partial charge in [0.2, 0.25) is 10.0 Å². The SMILES string of the molecule is COc1ccc(S(=O)(=O)N[C@H](CC(C)C)C(=O)NNC(=O)c2ccc(Cl)cc2)cc1. The van der Waals surface area contributed by atoms with Gasteiger partial charge in [-0.2, -0.15) is 4.72 Å². The van der Waals surface area contributed by atoms with Crippen LogP contribution in [0.1, 0.15) is 30.6 Å². The monoisotopic (exact) mass is 453 g/mol. The van der Waals surface area contributed by atoms with E-state index < -0.39 is 27.9 Å². The number of halogens is 1. The predicted octanol–water partition coefficient (Wildman–Crippen LogP) is 2.50. The second kappa shape index (κ2) is 10.4. The van der Waals surface area contributed by atoms with Gasteiger partial charge in [-0.15, -0.1) is 0 Å². The maximum atomic E-state index is 12.7. The van der Waals surface area contributed by atoms with E-state index in [4.69, 9.17) is 16.3 Å². The minimum absolute atomic E-state index is 0.00458. The fourth-order valence-electron chi connectivity index (χ4n) is 2.57. The van der Waals surface area contributed by atoms with Crippen molar-refractivity contribution in [3.63, 3.8) is 0 Å². The van der Waals surface area contributed by atoms with Gasteiger partial charge in [0.05, 0.1) is 12.0 Å². The van der Waals surface area contributed by atoms with Crippen LogP contribution in [0.3, 0.4) is 0 Å². The Morgan fingerprint density at radius 2 is 1.60 bits per heavy atom. The van der Waals surface area contributed by atoms with E-state index in [1.807, 2.05) is 13.8 Å². The Hall–Kier alpha value is -2.62. The number of rotatable bonds is 8. The quantitative estimate of drug-likeness (QED) is 0.531. The van der Waals surface area contributed by atoms with Crippen molar-refractivity contribution < 1.29 is 22.7 Å². The molecule has 0 aliphatic rings. The van der Waals surface area contributed by atoms with Crippen LogP contribution in [-0.4, -0.2) is 33.4 Å². The Morgan fingerprint density at radius 3 is 2.13 bits per heavy atom. The smallest absolute Gasteiger partial charge is 0.269 e. The van der Waals surface area contributed by atoms with Gasteiger partial charge >= 0.3 is 0 Å². The summed E-state index contributed by atoms with van der Waals surface area (Å²) in [6.45, 7) is 3.71. The zero-order valence-corrected chi connectivity index (χ0v) is 18.4. The lowest BCUT2D eigenvalue weighted by atomic mass is 10.0. The van der Waals surface area contributed by atoms with E-state index in [9.17, 15) is 18.0 Å². The van der Waals surface area contributed by atoms with Crippen molar-refractivity contribution in [1.82, 2.24) is 15.6 Å². The highest BCUT2D eigenvalue weighted by Crippen LogP contribution is 2.17. The molecule has 8 nitrogen and oxygen atoms in total. The van der Waals surface area contributed by atoms with Crippen LogP contribution in [0, 0.1) is 5.92 Å². The van der Waals surface area contributed by atoms with Crippen LogP contribution >= 0.6 is 11.6 Å². The molecule has 0 spiro atoms. The summed E-state index contributed by atoms with van der Waals surface area (Å²) in [5.74, 6) is -0.703. The fourth-order valence-corrected chi connectivity index (χ4v) is 3.90. The van der Waals surface area contributed by atoms with Crippen molar-refractivity contribution in [2.45, 2.75) is 31.2 Å². The topological polar surface area (TPSA) is 114 Å². The average molecular weight is 454 g/mol. The zero-order chi connectivity index (χ0) is 22.3. The second-order valence-electron chi connectivity index (χ2n) is 6.93. The molecule has 30 heavy (non-hydrogen) atoms. The van der Waals surface area contributed by atoms with E-state index in [1.165, 1.54) is 43.5 Å². The minimum Gasteiger partial charge on any atom is -0.497 e. The minimum atomic E-state index is -3.96.